The first-order valence-corrected chi connectivity index (χ1v) is 6.75. The summed E-state index contributed by atoms with van der Waals surface area (Å²) in [5.74, 6) is 0.228. The highest BCUT2D eigenvalue weighted by molar-refractivity contribution is 5.84. The fourth-order valence-corrected chi connectivity index (χ4v) is 3.48. The number of carbonyl (C=O) groups excluding carboxylic acids is 1. The minimum absolute atomic E-state index is 0.0159. The van der Waals surface area contributed by atoms with Gasteiger partial charge in [0.1, 0.15) is 0 Å². The quantitative estimate of drug-likeness (QED) is 0.845. The number of rotatable bonds is 3. The molecule has 2 unspecified atom stereocenters. The van der Waals surface area contributed by atoms with Crippen LogP contribution in [0.2, 0.25) is 0 Å². The Balaban J connectivity index is 1.81. The lowest BCUT2D eigenvalue weighted by molar-refractivity contribution is -0.122. The largest absolute Gasteiger partial charge is 0.395 e. The van der Waals surface area contributed by atoms with Crippen molar-refractivity contribution in [1.82, 2.24) is 5.32 Å². The summed E-state index contributed by atoms with van der Waals surface area (Å²) < 4.78 is 0. The van der Waals surface area contributed by atoms with Gasteiger partial charge < -0.3 is 10.4 Å². The number of aryl methyl sites for hydroxylation is 1. The number of benzene rings is 1. The molecule has 0 saturated heterocycles. The van der Waals surface area contributed by atoms with Crippen LogP contribution in [0.15, 0.2) is 24.3 Å². The van der Waals surface area contributed by atoms with Crippen molar-refractivity contribution < 1.29 is 9.90 Å². The molecule has 2 N–H and O–H groups in total. The Hall–Kier alpha value is -1.35. The van der Waals surface area contributed by atoms with E-state index >= 15 is 0 Å². The van der Waals surface area contributed by atoms with Crippen LogP contribution in [0.3, 0.4) is 0 Å². The number of carbonyl (C=O) groups is 1. The van der Waals surface area contributed by atoms with Gasteiger partial charge in [-0.15, -0.1) is 0 Å². The van der Waals surface area contributed by atoms with Gasteiger partial charge in [0.25, 0.3) is 0 Å². The van der Waals surface area contributed by atoms with Crippen LogP contribution in [-0.4, -0.2) is 24.2 Å². The highest BCUT2D eigenvalue weighted by atomic mass is 16.3. The maximum absolute atomic E-state index is 12.0. The number of aliphatic hydroxyl groups excluding tert-OH is 1. The first-order valence-electron chi connectivity index (χ1n) is 6.75. The lowest BCUT2D eigenvalue weighted by Gasteiger charge is -2.26. The third kappa shape index (κ3) is 1.74. The van der Waals surface area contributed by atoms with Crippen LogP contribution in [0.25, 0.3) is 0 Å². The van der Waals surface area contributed by atoms with Crippen LogP contribution in [-0.2, 0) is 16.6 Å². The van der Waals surface area contributed by atoms with Crippen LogP contribution in [0, 0.1) is 5.92 Å². The second kappa shape index (κ2) is 4.39. The summed E-state index contributed by atoms with van der Waals surface area (Å²) in [5, 5.41) is 11.6. The van der Waals surface area contributed by atoms with E-state index in [0.717, 1.165) is 19.3 Å². The standard InChI is InChI=1S/C15H19NO2/c17-9-8-16-14(18)13-10-15(13)7-3-5-11-4-1-2-6-12(11)15/h1-2,4,6,13,17H,3,5,7-10H2,(H,16,18). The van der Waals surface area contributed by atoms with Crippen molar-refractivity contribution in [2.24, 2.45) is 5.92 Å². The molecule has 1 spiro atoms. The van der Waals surface area contributed by atoms with Crippen molar-refractivity contribution in [3.63, 3.8) is 0 Å². The molecule has 1 aromatic rings. The van der Waals surface area contributed by atoms with Crippen molar-refractivity contribution in [2.75, 3.05) is 13.2 Å². The third-order valence-corrected chi connectivity index (χ3v) is 4.43. The molecule has 2 aliphatic carbocycles. The molecule has 1 amide bonds. The summed E-state index contributed by atoms with van der Waals surface area (Å²) in [6, 6.07) is 8.54. The van der Waals surface area contributed by atoms with Gasteiger partial charge in [0.05, 0.1) is 6.61 Å². The molecule has 0 bridgehead atoms. The lowest BCUT2D eigenvalue weighted by Crippen LogP contribution is -2.31. The highest BCUT2D eigenvalue weighted by Crippen LogP contribution is 2.60. The zero-order chi connectivity index (χ0) is 12.6. The monoisotopic (exact) mass is 245 g/mol. The van der Waals surface area contributed by atoms with Crippen LogP contribution >= 0.6 is 0 Å². The minimum atomic E-state index is 0.0159. The topological polar surface area (TPSA) is 49.3 Å². The molecular formula is C15H19NO2. The van der Waals surface area contributed by atoms with Gasteiger partial charge in [-0.1, -0.05) is 24.3 Å². The van der Waals surface area contributed by atoms with Crippen molar-refractivity contribution in [2.45, 2.75) is 31.1 Å². The molecule has 96 valence electrons. The van der Waals surface area contributed by atoms with E-state index in [1.165, 1.54) is 17.5 Å². The predicted octanol–water partition coefficient (Wildman–Crippen LogP) is 1.39. The van der Waals surface area contributed by atoms with Crippen molar-refractivity contribution in [1.29, 1.82) is 0 Å². The average Bonchev–Trinajstić information content (AvgIpc) is 3.12. The molecule has 0 aromatic heterocycles. The van der Waals surface area contributed by atoms with E-state index in [-0.39, 0.29) is 23.8 Å². The molecule has 0 aliphatic heterocycles. The first kappa shape index (κ1) is 11.7. The fourth-order valence-electron chi connectivity index (χ4n) is 3.48. The molecule has 1 aromatic carbocycles. The maximum atomic E-state index is 12.0. The van der Waals surface area contributed by atoms with Gasteiger partial charge in [-0.05, 0) is 36.8 Å². The van der Waals surface area contributed by atoms with Gasteiger partial charge in [-0.2, -0.15) is 0 Å². The minimum Gasteiger partial charge on any atom is -0.395 e. The Labute approximate surface area is 107 Å². The lowest BCUT2D eigenvalue weighted by atomic mass is 9.78. The van der Waals surface area contributed by atoms with E-state index in [0.29, 0.717) is 6.54 Å². The van der Waals surface area contributed by atoms with Crippen LogP contribution in [0.4, 0.5) is 0 Å². The zero-order valence-electron chi connectivity index (χ0n) is 10.5. The summed E-state index contributed by atoms with van der Waals surface area (Å²) >= 11 is 0. The second-order valence-electron chi connectivity index (χ2n) is 5.44. The molecule has 3 rings (SSSR count). The fraction of sp³-hybridized carbons (Fsp3) is 0.533. The van der Waals surface area contributed by atoms with E-state index in [1.807, 2.05) is 0 Å². The molecule has 0 radical (unpaired) electrons. The van der Waals surface area contributed by atoms with Gasteiger partial charge >= 0.3 is 0 Å². The van der Waals surface area contributed by atoms with Crippen molar-refractivity contribution in [3.8, 4) is 0 Å². The molecule has 3 heteroatoms. The van der Waals surface area contributed by atoms with Crippen molar-refractivity contribution >= 4 is 5.91 Å². The molecule has 3 nitrogen and oxygen atoms in total. The number of nitrogens with one attached hydrogen (secondary N) is 1. The zero-order valence-corrected chi connectivity index (χ0v) is 10.5. The summed E-state index contributed by atoms with van der Waals surface area (Å²) in [5.41, 5.74) is 2.91. The van der Waals surface area contributed by atoms with Crippen LogP contribution < -0.4 is 5.32 Å². The SMILES string of the molecule is O=C(NCCO)C1CC12CCCc1ccccc12. The van der Waals surface area contributed by atoms with Crippen molar-refractivity contribution in [3.05, 3.63) is 35.4 Å². The van der Waals surface area contributed by atoms with E-state index in [9.17, 15) is 4.79 Å². The first-order chi connectivity index (χ1) is 8.78. The Morgan fingerprint density at radius 1 is 1.44 bits per heavy atom. The van der Waals surface area contributed by atoms with Gasteiger partial charge in [0.15, 0.2) is 0 Å². The van der Waals surface area contributed by atoms with Crippen LogP contribution in [0.5, 0.6) is 0 Å². The number of hydrogen-bond donors (Lipinski definition) is 2. The van der Waals surface area contributed by atoms with Gasteiger partial charge in [-0.3, -0.25) is 4.79 Å². The summed E-state index contributed by atoms with van der Waals surface area (Å²) in [4.78, 5) is 12.0. The number of amides is 1. The Morgan fingerprint density at radius 2 is 2.28 bits per heavy atom. The average molecular weight is 245 g/mol. The van der Waals surface area contributed by atoms with Gasteiger partial charge in [-0.25, -0.2) is 0 Å². The van der Waals surface area contributed by atoms with E-state index < -0.39 is 0 Å². The maximum Gasteiger partial charge on any atom is 0.224 e. The molecule has 1 saturated carbocycles. The Kier molecular flexibility index (Phi) is 2.86. The molecule has 2 aliphatic rings. The summed E-state index contributed by atoms with van der Waals surface area (Å²) in [6.07, 6.45) is 4.42. The number of fused-ring (bicyclic) bond motifs is 2. The number of hydrogen-bond acceptors (Lipinski definition) is 2. The molecule has 18 heavy (non-hydrogen) atoms. The Bertz CT molecular complexity index is 471. The second-order valence-corrected chi connectivity index (χ2v) is 5.44. The molecule has 0 heterocycles. The Morgan fingerprint density at radius 3 is 3.11 bits per heavy atom. The number of aliphatic hydroxyl groups is 1. The third-order valence-electron chi connectivity index (χ3n) is 4.43. The van der Waals surface area contributed by atoms with E-state index in [2.05, 4.69) is 29.6 Å². The molecule has 1 fully saturated rings. The van der Waals surface area contributed by atoms with Crippen LogP contribution in [0.1, 0.15) is 30.4 Å². The normalized spacial score (nSPS) is 28.8. The smallest absolute Gasteiger partial charge is 0.224 e. The molecule has 2 atom stereocenters. The van der Waals surface area contributed by atoms with Gasteiger partial charge in [0, 0.05) is 17.9 Å². The summed E-state index contributed by atoms with van der Waals surface area (Å²) in [6.45, 7) is 0.384. The summed E-state index contributed by atoms with van der Waals surface area (Å²) in [7, 11) is 0. The van der Waals surface area contributed by atoms with E-state index in [4.69, 9.17) is 5.11 Å². The molecular weight excluding hydrogens is 226 g/mol. The van der Waals surface area contributed by atoms with E-state index in [1.54, 1.807) is 0 Å². The predicted molar refractivity (Wildman–Crippen MR) is 69.3 cm³/mol. The highest BCUT2D eigenvalue weighted by Gasteiger charge is 2.59. The van der Waals surface area contributed by atoms with Gasteiger partial charge in [0.2, 0.25) is 5.91 Å².